The third-order valence-electron chi connectivity index (χ3n) is 6.23. The van der Waals surface area contributed by atoms with Gasteiger partial charge in [0, 0.05) is 11.9 Å². The first kappa shape index (κ1) is 20.0. The number of nitrogens with zero attached hydrogens (tertiary/aromatic N) is 1. The average molecular weight is 419 g/mol. The smallest absolute Gasteiger partial charge is 0.175 e. The van der Waals surface area contributed by atoms with Gasteiger partial charge in [-0.2, -0.15) is 0 Å². The molecule has 1 aromatic heterocycles. The summed E-state index contributed by atoms with van der Waals surface area (Å²) in [6.45, 7) is 2.72. The van der Waals surface area contributed by atoms with Crippen molar-refractivity contribution in [3.05, 3.63) is 78.3 Å². The minimum atomic E-state index is -0.558. The summed E-state index contributed by atoms with van der Waals surface area (Å²) in [6, 6.07) is 18.9. The van der Waals surface area contributed by atoms with Gasteiger partial charge in [0.1, 0.15) is 18.5 Å². The van der Waals surface area contributed by atoms with Crippen LogP contribution in [0, 0.1) is 5.82 Å². The molecule has 0 aliphatic carbocycles. The Kier molecular flexibility index (Phi) is 5.62. The second-order valence-electron chi connectivity index (χ2n) is 8.39. The molecule has 4 aromatic rings. The summed E-state index contributed by atoms with van der Waals surface area (Å²) in [4.78, 5) is 2.30. The van der Waals surface area contributed by atoms with Crippen LogP contribution in [0.4, 0.5) is 4.39 Å². The molecule has 0 amide bonds. The first-order valence-corrected chi connectivity index (χ1v) is 10.8. The zero-order chi connectivity index (χ0) is 21.2. The van der Waals surface area contributed by atoms with E-state index in [1.807, 2.05) is 36.4 Å². The SMILES string of the molecule is OC(COc1cccc2ccoc12)CN1CCC(c2ccc3cc(F)ccc3c2)CC1. The molecule has 5 heteroatoms. The van der Waals surface area contributed by atoms with E-state index in [9.17, 15) is 9.50 Å². The molecule has 31 heavy (non-hydrogen) atoms. The van der Waals surface area contributed by atoms with Crippen molar-refractivity contribution in [1.82, 2.24) is 4.90 Å². The number of β-amino-alcohol motifs (C(OH)–C–C–N with tert-alkyl or cyclic N) is 1. The predicted molar refractivity (Wildman–Crippen MR) is 120 cm³/mol. The van der Waals surface area contributed by atoms with E-state index in [2.05, 4.69) is 17.0 Å². The maximum atomic E-state index is 13.4. The van der Waals surface area contributed by atoms with Crippen LogP contribution in [0.25, 0.3) is 21.7 Å². The molecule has 0 bridgehead atoms. The highest BCUT2D eigenvalue weighted by molar-refractivity contribution is 5.83. The summed E-state index contributed by atoms with van der Waals surface area (Å²) in [5.74, 6) is 0.962. The highest BCUT2D eigenvalue weighted by Crippen LogP contribution is 2.31. The molecule has 1 saturated heterocycles. The molecule has 1 atom stereocenters. The van der Waals surface area contributed by atoms with Crippen molar-refractivity contribution in [2.45, 2.75) is 24.9 Å². The lowest BCUT2D eigenvalue weighted by molar-refractivity contribution is 0.0596. The zero-order valence-electron chi connectivity index (χ0n) is 17.3. The molecule has 0 saturated carbocycles. The molecule has 1 fully saturated rings. The van der Waals surface area contributed by atoms with E-state index >= 15 is 0 Å². The summed E-state index contributed by atoms with van der Waals surface area (Å²) < 4.78 is 24.7. The van der Waals surface area contributed by atoms with Crippen molar-refractivity contribution < 1.29 is 18.7 Å². The Morgan fingerprint density at radius 3 is 2.68 bits per heavy atom. The average Bonchev–Trinajstić information content (AvgIpc) is 3.27. The van der Waals surface area contributed by atoms with Crippen LogP contribution in [0.1, 0.15) is 24.3 Å². The minimum Gasteiger partial charge on any atom is -0.487 e. The van der Waals surface area contributed by atoms with Gasteiger partial charge in [0.15, 0.2) is 11.3 Å². The molecule has 1 N–H and O–H groups in total. The van der Waals surface area contributed by atoms with Gasteiger partial charge in [0.2, 0.25) is 0 Å². The summed E-state index contributed by atoms with van der Waals surface area (Å²) >= 11 is 0. The van der Waals surface area contributed by atoms with Crippen LogP contribution in [0.15, 0.2) is 71.3 Å². The summed E-state index contributed by atoms with van der Waals surface area (Å²) in [7, 11) is 0. The number of hydrogen-bond acceptors (Lipinski definition) is 4. The van der Waals surface area contributed by atoms with Crippen LogP contribution in [0.3, 0.4) is 0 Å². The second kappa shape index (κ2) is 8.69. The lowest BCUT2D eigenvalue weighted by atomic mass is 9.88. The monoisotopic (exact) mass is 419 g/mol. The quantitative estimate of drug-likeness (QED) is 0.458. The van der Waals surface area contributed by atoms with Crippen molar-refractivity contribution in [3.63, 3.8) is 0 Å². The van der Waals surface area contributed by atoms with Gasteiger partial charge in [-0.25, -0.2) is 4.39 Å². The van der Waals surface area contributed by atoms with E-state index in [0.717, 1.165) is 42.1 Å². The number of ether oxygens (including phenoxy) is 1. The normalized spacial score (nSPS) is 16.7. The van der Waals surface area contributed by atoms with Crippen molar-refractivity contribution in [1.29, 1.82) is 0 Å². The number of benzene rings is 3. The molecule has 2 heterocycles. The fourth-order valence-electron chi connectivity index (χ4n) is 4.55. The van der Waals surface area contributed by atoms with Gasteiger partial charge in [-0.05, 0) is 72.5 Å². The summed E-state index contributed by atoms with van der Waals surface area (Å²) in [5, 5.41) is 13.5. The fourth-order valence-corrected chi connectivity index (χ4v) is 4.55. The number of hydrogen-bond donors (Lipinski definition) is 1. The molecule has 160 valence electrons. The molecule has 5 rings (SSSR count). The number of aliphatic hydroxyl groups excluding tert-OH is 1. The van der Waals surface area contributed by atoms with E-state index in [1.54, 1.807) is 12.3 Å². The molecule has 1 unspecified atom stereocenters. The number of furan rings is 1. The van der Waals surface area contributed by atoms with E-state index < -0.39 is 6.10 Å². The van der Waals surface area contributed by atoms with Crippen LogP contribution in [0.2, 0.25) is 0 Å². The van der Waals surface area contributed by atoms with Crippen LogP contribution in [-0.2, 0) is 0 Å². The summed E-state index contributed by atoms with van der Waals surface area (Å²) in [6.07, 6.45) is 3.18. The Morgan fingerprint density at radius 2 is 1.81 bits per heavy atom. The van der Waals surface area contributed by atoms with Crippen LogP contribution < -0.4 is 4.74 Å². The van der Waals surface area contributed by atoms with Gasteiger partial charge >= 0.3 is 0 Å². The topological polar surface area (TPSA) is 45.8 Å². The van der Waals surface area contributed by atoms with Gasteiger partial charge in [0.25, 0.3) is 0 Å². The predicted octanol–water partition coefficient (Wildman–Crippen LogP) is 5.34. The zero-order valence-corrected chi connectivity index (χ0v) is 17.3. The molecule has 3 aromatic carbocycles. The molecule has 0 spiro atoms. The number of aliphatic hydroxyl groups is 1. The Hall–Kier alpha value is -2.89. The Morgan fingerprint density at radius 1 is 1.00 bits per heavy atom. The number of rotatable bonds is 6. The Balaban J connectivity index is 1.14. The van der Waals surface area contributed by atoms with E-state index in [1.165, 1.54) is 11.6 Å². The Labute approximate surface area is 180 Å². The molecular formula is C26H26FNO3. The fraction of sp³-hybridized carbons (Fsp3) is 0.308. The van der Waals surface area contributed by atoms with Crippen molar-refractivity contribution >= 4 is 21.7 Å². The van der Waals surface area contributed by atoms with Gasteiger partial charge in [0.05, 0.1) is 6.26 Å². The lowest BCUT2D eigenvalue weighted by Crippen LogP contribution is -2.40. The number of para-hydroxylation sites is 1. The van der Waals surface area contributed by atoms with Gasteiger partial charge in [-0.3, -0.25) is 0 Å². The van der Waals surface area contributed by atoms with Crippen molar-refractivity contribution in [2.75, 3.05) is 26.2 Å². The highest BCUT2D eigenvalue weighted by Gasteiger charge is 2.23. The molecule has 4 nitrogen and oxygen atoms in total. The second-order valence-corrected chi connectivity index (χ2v) is 8.39. The standard InChI is InChI=1S/C26H26FNO3/c27-23-7-6-21-14-20(4-5-22(21)15-23)18-8-11-28(12-9-18)16-24(29)17-31-25-3-1-2-19-10-13-30-26(19)25/h1-7,10,13-15,18,24,29H,8-9,11-12,16-17H2. The van der Waals surface area contributed by atoms with Gasteiger partial charge in [-0.15, -0.1) is 0 Å². The highest BCUT2D eigenvalue weighted by atomic mass is 19.1. The molecule has 0 radical (unpaired) electrons. The van der Waals surface area contributed by atoms with Crippen molar-refractivity contribution in [3.8, 4) is 5.75 Å². The number of piperidine rings is 1. The first-order valence-electron chi connectivity index (χ1n) is 10.8. The van der Waals surface area contributed by atoms with E-state index in [4.69, 9.17) is 9.15 Å². The van der Waals surface area contributed by atoms with E-state index in [-0.39, 0.29) is 12.4 Å². The number of halogens is 1. The van der Waals surface area contributed by atoms with Crippen LogP contribution in [-0.4, -0.2) is 42.4 Å². The summed E-state index contributed by atoms with van der Waals surface area (Å²) in [5.41, 5.74) is 2.03. The largest absolute Gasteiger partial charge is 0.487 e. The molecular weight excluding hydrogens is 393 g/mol. The molecule has 1 aliphatic rings. The lowest BCUT2D eigenvalue weighted by Gasteiger charge is -2.33. The molecule has 1 aliphatic heterocycles. The number of fused-ring (bicyclic) bond motifs is 2. The van der Waals surface area contributed by atoms with Crippen molar-refractivity contribution in [2.24, 2.45) is 0 Å². The minimum absolute atomic E-state index is 0.197. The Bertz CT molecular complexity index is 1180. The van der Waals surface area contributed by atoms with E-state index in [0.29, 0.717) is 23.8 Å². The maximum Gasteiger partial charge on any atom is 0.175 e. The number of likely N-dealkylation sites (tertiary alicyclic amines) is 1. The van der Waals surface area contributed by atoms with Crippen LogP contribution in [0.5, 0.6) is 5.75 Å². The first-order chi connectivity index (χ1) is 15.2. The van der Waals surface area contributed by atoms with Gasteiger partial charge in [-0.1, -0.05) is 36.4 Å². The third kappa shape index (κ3) is 4.43. The maximum absolute atomic E-state index is 13.4. The van der Waals surface area contributed by atoms with Crippen LogP contribution >= 0.6 is 0 Å². The third-order valence-corrected chi connectivity index (χ3v) is 6.23. The van der Waals surface area contributed by atoms with Gasteiger partial charge < -0.3 is 19.2 Å².